The van der Waals surface area contributed by atoms with Crippen LogP contribution in [0.4, 0.5) is 0 Å². The lowest BCUT2D eigenvalue weighted by Gasteiger charge is -2.05. The van der Waals surface area contributed by atoms with Gasteiger partial charge in [-0.1, -0.05) is 30.3 Å². The van der Waals surface area contributed by atoms with Crippen LogP contribution in [0.25, 0.3) is 0 Å². The first kappa shape index (κ1) is 10.2. The number of nitrogens with zero attached hydrogens (tertiary/aromatic N) is 2. The van der Waals surface area contributed by atoms with E-state index < -0.39 is 0 Å². The predicted octanol–water partition coefficient (Wildman–Crippen LogP) is 3.99. The maximum Gasteiger partial charge on any atom is 0.142 e. The van der Waals surface area contributed by atoms with E-state index in [9.17, 15) is 0 Å². The van der Waals surface area contributed by atoms with Gasteiger partial charge < -0.3 is 0 Å². The van der Waals surface area contributed by atoms with Crippen molar-refractivity contribution < 1.29 is 0 Å². The van der Waals surface area contributed by atoms with E-state index >= 15 is 0 Å². The molecule has 0 atom stereocenters. The largest absolute Gasteiger partial charge is 0.211 e. The molecule has 1 aliphatic heterocycles. The number of benzene rings is 1. The lowest BCUT2D eigenvalue weighted by atomic mass is 10.1. The summed E-state index contributed by atoms with van der Waals surface area (Å²) in [6.45, 7) is 0. The Balaban J connectivity index is 2.17. The molecule has 14 heavy (non-hydrogen) atoms. The first-order chi connectivity index (χ1) is 6.86. The van der Waals surface area contributed by atoms with E-state index in [1.165, 1.54) is 5.56 Å². The molecule has 0 unspecified atom stereocenters. The van der Waals surface area contributed by atoms with E-state index in [1.807, 2.05) is 12.3 Å². The standard InChI is InChI=1S/C10H8BrIN2/c11-9-7-13-12-14-10(9)6-8-4-2-1-3-5-8/h1-5,7H,6H2. The monoisotopic (exact) mass is 362 g/mol. The molecule has 0 N–H and O–H groups in total. The van der Waals surface area contributed by atoms with E-state index in [-0.39, 0.29) is 21.3 Å². The Morgan fingerprint density at radius 1 is 1.21 bits per heavy atom. The van der Waals surface area contributed by atoms with Crippen molar-refractivity contribution in [2.24, 2.45) is 6.35 Å². The third-order valence-corrected chi connectivity index (χ3v) is 3.82. The zero-order valence-corrected chi connectivity index (χ0v) is 11.1. The summed E-state index contributed by atoms with van der Waals surface area (Å²) in [5.41, 5.74) is 2.42. The van der Waals surface area contributed by atoms with Crippen molar-refractivity contribution in [2.75, 3.05) is 0 Å². The van der Waals surface area contributed by atoms with Crippen LogP contribution in [-0.4, -0.2) is 5.71 Å². The summed E-state index contributed by atoms with van der Waals surface area (Å²) in [4.78, 5) is 0. The molecule has 0 spiro atoms. The van der Waals surface area contributed by atoms with Gasteiger partial charge in [0.1, 0.15) is 21.3 Å². The normalized spacial score (nSPS) is 15.5. The van der Waals surface area contributed by atoms with Crippen molar-refractivity contribution >= 4 is 42.9 Å². The Morgan fingerprint density at radius 2 is 2.00 bits per heavy atom. The molecule has 2 rings (SSSR count). The Kier molecular flexibility index (Phi) is 3.58. The molecular weight excluding hydrogens is 355 g/mol. The fraction of sp³-hybridized carbons (Fsp3) is 0.100. The number of hydrogen-bond donors (Lipinski definition) is 0. The van der Waals surface area contributed by atoms with Crippen molar-refractivity contribution in [1.82, 2.24) is 0 Å². The van der Waals surface area contributed by atoms with Crippen LogP contribution in [0.15, 0.2) is 47.4 Å². The van der Waals surface area contributed by atoms with E-state index in [0.717, 1.165) is 16.6 Å². The molecule has 0 aliphatic carbocycles. The average molecular weight is 363 g/mol. The first-order valence-electron chi connectivity index (χ1n) is 4.17. The minimum absolute atomic E-state index is 0.344. The van der Waals surface area contributed by atoms with Gasteiger partial charge in [-0.3, -0.25) is 0 Å². The summed E-state index contributed by atoms with van der Waals surface area (Å²) in [6, 6.07) is 10.4. The Morgan fingerprint density at radius 3 is 2.71 bits per heavy atom. The van der Waals surface area contributed by atoms with Gasteiger partial charge in [0.2, 0.25) is 0 Å². The fourth-order valence-electron chi connectivity index (χ4n) is 1.15. The van der Waals surface area contributed by atoms with Crippen LogP contribution >= 0.6 is 37.2 Å². The van der Waals surface area contributed by atoms with Crippen LogP contribution in [0.5, 0.6) is 0 Å². The lowest BCUT2D eigenvalue weighted by molar-refractivity contribution is 1.33. The van der Waals surface area contributed by atoms with Gasteiger partial charge in [0.25, 0.3) is 0 Å². The van der Waals surface area contributed by atoms with E-state index in [4.69, 9.17) is 0 Å². The van der Waals surface area contributed by atoms with Gasteiger partial charge in [-0.15, -0.1) is 0 Å². The van der Waals surface area contributed by atoms with E-state index in [2.05, 4.69) is 46.5 Å². The highest BCUT2D eigenvalue weighted by Crippen LogP contribution is 2.22. The SMILES string of the molecule is BrC1=CN=IN=C1Cc1ccccc1. The maximum absolute atomic E-state index is 4.45. The molecule has 1 heterocycles. The van der Waals surface area contributed by atoms with Crippen LogP contribution in [-0.2, 0) is 6.42 Å². The van der Waals surface area contributed by atoms with Gasteiger partial charge >= 0.3 is 0 Å². The maximum atomic E-state index is 4.45. The van der Waals surface area contributed by atoms with Crippen molar-refractivity contribution in [3.05, 3.63) is 46.6 Å². The zero-order chi connectivity index (χ0) is 9.80. The van der Waals surface area contributed by atoms with E-state index in [1.54, 1.807) is 0 Å². The molecule has 0 amide bonds. The second-order valence-corrected chi connectivity index (χ2v) is 5.17. The number of hydrogen-bond acceptors (Lipinski definition) is 2. The van der Waals surface area contributed by atoms with Crippen LogP contribution in [0.2, 0.25) is 0 Å². The molecule has 1 aromatic carbocycles. The molecule has 2 nitrogen and oxygen atoms in total. The first-order valence-corrected chi connectivity index (χ1v) is 6.89. The topological polar surface area (TPSA) is 24.7 Å². The quantitative estimate of drug-likeness (QED) is 0.711. The second kappa shape index (κ2) is 4.93. The number of allylic oxidation sites excluding steroid dienone is 1. The van der Waals surface area contributed by atoms with Gasteiger partial charge in [-0.25, -0.2) is 6.35 Å². The summed E-state index contributed by atoms with van der Waals surface area (Å²) in [5, 5.41) is 0. The highest BCUT2D eigenvalue weighted by Gasteiger charge is 2.07. The lowest BCUT2D eigenvalue weighted by Crippen LogP contribution is -2.02. The Hall–Kier alpha value is -0.360. The molecule has 0 aromatic heterocycles. The summed E-state index contributed by atoms with van der Waals surface area (Å²) in [6.07, 6.45) is 2.77. The number of halogens is 2. The molecule has 0 saturated carbocycles. The fourth-order valence-corrected chi connectivity index (χ4v) is 3.41. The van der Waals surface area contributed by atoms with Crippen molar-refractivity contribution in [3.63, 3.8) is 0 Å². The molecule has 4 heteroatoms. The van der Waals surface area contributed by atoms with Crippen LogP contribution in [0.3, 0.4) is 0 Å². The summed E-state index contributed by atoms with van der Waals surface area (Å²) < 4.78 is 9.63. The molecule has 0 bridgehead atoms. The minimum atomic E-state index is -0.344. The van der Waals surface area contributed by atoms with Gasteiger partial charge in [0.15, 0.2) is 0 Å². The number of rotatable bonds is 2. The Labute approximate surface area is 102 Å². The molecular formula is C10H8BrIN2. The molecule has 72 valence electrons. The van der Waals surface area contributed by atoms with Crippen molar-refractivity contribution in [2.45, 2.75) is 6.42 Å². The van der Waals surface area contributed by atoms with Gasteiger partial charge in [-0.05, 0) is 21.5 Å². The predicted molar refractivity (Wildman–Crippen MR) is 71.0 cm³/mol. The van der Waals surface area contributed by atoms with Gasteiger partial charge in [0.05, 0.1) is 16.4 Å². The van der Waals surface area contributed by atoms with Gasteiger partial charge in [-0.2, -0.15) is 0 Å². The van der Waals surface area contributed by atoms with Crippen molar-refractivity contribution in [3.8, 4) is 0 Å². The zero-order valence-electron chi connectivity index (χ0n) is 7.32. The highest BCUT2D eigenvalue weighted by atomic mass is 127. The summed E-state index contributed by atoms with van der Waals surface area (Å²) in [7, 11) is 0. The third-order valence-electron chi connectivity index (χ3n) is 1.84. The minimum Gasteiger partial charge on any atom is -0.211 e. The third kappa shape index (κ3) is 2.57. The smallest absolute Gasteiger partial charge is 0.142 e. The van der Waals surface area contributed by atoms with Crippen LogP contribution < -0.4 is 0 Å². The average Bonchev–Trinajstić information content (AvgIpc) is 2.23. The van der Waals surface area contributed by atoms with Crippen LogP contribution in [0.1, 0.15) is 5.56 Å². The molecule has 1 aromatic rings. The summed E-state index contributed by atoms with van der Waals surface area (Å²) >= 11 is 3.12. The second-order valence-electron chi connectivity index (χ2n) is 2.84. The molecule has 0 saturated heterocycles. The molecule has 0 fully saturated rings. The van der Waals surface area contributed by atoms with Gasteiger partial charge in [0, 0.05) is 6.42 Å². The molecule has 0 radical (unpaired) electrons. The summed E-state index contributed by atoms with van der Waals surface area (Å²) in [5.74, 6) is 0. The Bertz CT molecular complexity index is 409. The van der Waals surface area contributed by atoms with E-state index in [0.29, 0.717) is 0 Å². The highest BCUT2D eigenvalue weighted by molar-refractivity contribution is 14.1. The molecule has 1 aliphatic rings. The van der Waals surface area contributed by atoms with Crippen LogP contribution in [0, 0.1) is 0 Å². The van der Waals surface area contributed by atoms with Crippen molar-refractivity contribution in [1.29, 1.82) is 0 Å².